The van der Waals surface area contributed by atoms with Crippen molar-refractivity contribution < 1.29 is 21.9 Å². The quantitative estimate of drug-likeness (QED) is 0.102. The van der Waals surface area contributed by atoms with Crippen LogP contribution in [0.3, 0.4) is 0 Å². The third-order valence-corrected chi connectivity index (χ3v) is 30.1. The number of rotatable bonds is 13. The van der Waals surface area contributed by atoms with Crippen molar-refractivity contribution in [3.63, 3.8) is 0 Å². The molecule has 10 saturated carbocycles. The average Bonchev–Trinajstić information content (AvgIpc) is 1.32. The number of pyridine rings is 3. The molecule has 12 aromatic rings. The van der Waals surface area contributed by atoms with Crippen LogP contribution in [-0.2, 0) is 21.1 Å². The Morgan fingerprint density at radius 1 is 0.250 bits per heavy atom. The molecule has 0 radical (unpaired) electrons. The van der Waals surface area contributed by atoms with E-state index in [-0.39, 0.29) is 0 Å². The van der Waals surface area contributed by atoms with Crippen LogP contribution in [0.4, 0.5) is 0 Å². The van der Waals surface area contributed by atoms with Gasteiger partial charge in [-0.15, -0.1) is 0 Å². The zero-order valence-electron chi connectivity index (χ0n) is 76.7. The lowest BCUT2D eigenvalue weighted by molar-refractivity contribution is -0.660. The highest BCUT2D eigenvalue weighted by molar-refractivity contribution is 5.92. The molecule has 116 heavy (non-hydrogen) atoms. The van der Waals surface area contributed by atoms with Gasteiger partial charge in [0.2, 0.25) is 17.1 Å². The van der Waals surface area contributed by atoms with Crippen LogP contribution in [0.2, 0.25) is 0 Å². The first-order valence-electron chi connectivity index (χ1n) is 48.9. The summed E-state index contributed by atoms with van der Waals surface area (Å²) in [6.45, 7) is 6.54. The van der Waals surface area contributed by atoms with E-state index in [0.717, 1.165) is 155 Å². The van der Waals surface area contributed by atoms with Crippen LogP contribution >= 0.6 is 0 Å². The summed E-state index contributed by atoms with van der Waals surface area (Å²) in [5, 5.41) is 7.36. The molecule has 0 aliphatic heterocycles. The maximum atomic E-state index is 9.64. The minimum atomic E-state index is -0.553. The summed E-state index contributed by atoms with van der Waals surface area (Å²) in [6.07, 6.45) is 43.8. The minimum absolute atomic E-state index is 0.405. The molecule has 10 aliphatic carbocycles. The van der Waals surface area contributed by atoms with Crippen LogP contribution in [-0.4, -0.2) is 0 Å². The van der Waals surface area contributed by atoms with E-state index in [1.54, 1.807) is 0 Å². The monoisotopic (exact) mass is 1540 g/mol. The van der Waals surface area contributed by atoms with Crippen molar-refractivity contribution in [3.05, 3.63) is 269 Å². The van der Waals surface area contributed by atoms with E-state index in [1.165, 1.54) is 229 Å². The Morgan fingerprint density at radius 2 is 0.586 bits per heavy atom. The zero-order chi connectivity index (χ0) is 83.9. The van der Waals surface area contributed by atoms with Gasteiger partial charge in [-0.25, -0.2) is 13.7 Å². The third kappa shape index (κ3) is 16.2. The number of hydrogen-bond acceptors (Lipinski definition) is 0. The Balaban J connectivity index is 0.000000121. The molecule has 0 amide bonds. The number of aromatic nitrogens is 3. The maximum absolute atomic E-state index is 9.64. The molecule has 0 spiro atoms. The molecule has 3 unspecified atom stereocenters. The molecule has 10 aliphatic rings. The van der Waals surface area contributed by atoms with E-state index in [2.05, 4.69) is 274 Å². The van der Waals surface area contributed by atoms with Crippen molar-refractivity contribution in [1.29, 1.82) is 0 Å². The summed E-state index contributed by atoms with van der Waals surface area (Å²) in [7, 11) is 6.41. The van der Waals surface area contributed by atoms with Crippen molar-refractivity contribution in [2.24, 2.45) is 56.7 Å². The van der Waals surface area contributed by atoms with Gasteiger partial charge in [-0.05, 0) is 336 Å². The predicted octanol–water partition coefficient (Wildman–Crippen LogP) is 29.7. The molecule has 3 nitrogen and oxygen atoms in total. The molecule has 9 aromatic carbocycles. The molecule has 4 bridgehead atoms. The van der Waals surface area contributed by atoms with Crippen molar-refractivity contribution in [1.82, 2.24) is 0 Å². The summed E-state index contributed by atoms with van der Waals surface area (Å²) in [4.78, 5) is 0. The Morgan fingerprint density at radius 3 is 0.966 bits per heavy atom. The molecular formula is C113H130N3+3. The average molecular weight is 1540 g/mol. The first kappa shape index (κ1) is 70.2. The fourth-order valence-corrected chi connectivity index (χ4v) is 23.5. The van der Waals surface area contributed by atoms with E-state index >= 15 is 0 Å². The fraction of sp³-hybridized carbons (Fsp3) is 0.442. The van der Waals surface area contributed by atoms with Gasteiger partial charge in [0.25, 0.3) is 0 Å². The molecule has 3 heteroatoms. The van der Waals surface area contributed by atoms with E-state index < -0.39 is 35.4 Å². The third-order valence-electron chi connectivity index (χ3n) is 30.1. The molecular weight excluding hydrogens is 1400 g/mol. The largest absolute Gasteiger partial charge is 0.213 e. The highest BCUT2D eigenvalue weighted by atomic mass is 14.9. The molecule has 0 N–H and O–H groups in total. The van der Waals surface area contributed by atoms with Crippen molar-refractivity contribution in [2.45, 2.75) is 262 Å². The van der Waals surface area contributed by atoms with Crippen LogP contribution in [0.25, 0.3) is 99.5 Å². The van der Waals surface area contributed by atoms with E-state index in [4.69, 9.17) is 0 Å². The summed E-state index contributed by atoms with van der Waals surface area (Å²) in [5.41, 5.74) is 25.3. The molecule has 0 saturated heterocycles. The summed E-state index contributed by atoms with van der Waals surface area (Å²) >= 11 is 0. The Bertz CT molecular complexity index is 5890. The van der Waals surface area contributed by atoms with Crippen LogP contribution in [0, 0.1) is 56.3 Å². The Labute approximate surface area is 704 Å². The molecule has 3 aromatic heterocycles. The van der Waals surface area contributed by atoms with Crippen molar-refractivity contribution in [3.8, 4) is 67.2 Å². The van der Waals surface area contributed by atoms with Gasteiger partial charge in [0.05, 0.1) is 0 Å². The normalized spacial score (nSPS) is 26.7. The van der Waals surface area contributed by atoms with Gasteiger partial charge in [0.1, 0.15) is 21.1 Å². The molecule has 3 atom stereocenters. The van der Waals surface area contributed by atoms with Crippen LogP contribution in [0.15, 0.2) is 219 Å². The van der Waals surface area contributed by atoms with Gasteiger partial charge in [-0.2, -0.15) is 0 Å². The lowest BCUT2D eigenvalue weighted by Crippen LogP contribution is -2.32. The molecule has 3 heterocycles. The SMILES string of the molecule is [2H]C1(c2c[n+](C)c(-c3ccccc3C)cc2-c2ccc3cc(C4([2H])CC5CCC4C5)ccc3c2)CCCCC1.[2H]C1(c2ccc3cc(-c4cc(-c5ccccc5C)[n+](C)cc4C4([2H])CCCCC4)ccc3c2)CC2CC(C2)C1.[2H]C1(c2ccc3cc(-c4cc(-c5ccccc5C)[n+](C)cc4C4([2H])CCCCC4)ccc3c2)CCC(C2CCCCC2)CC1. The second-order valence-corrected chi connectivity index (χ2v) is 37.7. The molecule has 22 rings (SSSR count). The number of aryl methyl sites for hydroxylation is 6. The topological polar surface area (TPSA) is 11.6 Å². The van der Waals surface area contributed by atoms with E-state index in [1.807, 2.05) is 0 Å². The second kappa shape index (κ2) is 34.3. The van der Waals surface area contributed by atoms with Gasteiger partial charge >= 0.3 is 0 Å². The minimum Gasteiger partial charge on any atom is -0.201 e. The lowest BCUT2D eigenvalue weighted by atomic mass is 9.60. The van der Waals surface area contributed by atoms with E-state index in [0.29, 0.717) is 5.92 Å². The van der Waals surface area contributed by atoms with Crippen molar-refractivity contribution >= 4 is 32.3 Å². The molecule has 10 fully saturated rings. The summed E-state index contributed by atoms with van der Waals surface area (Å²) < 4.78 is 63.6. The summed E-state index contributed by atoms with van der Waals surface area (Å²) in [5.74, 6) is 1.62. The second-order valence-electron chi connectivity index (χ2n) is 37.7. The van der Waals surface area contributed by atoms with Gasteiger partial charge in [0.15, 0.2) is 18.6 Å². The van der Waals surface area contributed by atoms with Gasteiger partial charge in [-0.3, -0.25) is 0 Å². The van der Waals surface area contributed by atoms with Gasteiger partial charge < -0.3 is 0 Å². The van der Waals surface area contributed by atoms with Gasteiger partial charge in [-0.1, -0.05) is 242 Å². The highest BCUT2D eigenvalue weighted by Crippen LogP contribution is 2.55. The Kier molecular flexibility index (Phi) is 20.8. The smallest absolute Gasteiger partial charge is 0.201 e. The first-order valence-corrected chi connectivity index (χ1v) is 45.9. The van der Waals surface area contributed by atoms with Crippen LogP contribution in [0.5, 0.6) is 0 Å². The fourth-order valence-electron chi connectivity index (χ4n) is 23.5. The standard InChI is InChI=1S/C41H50N.2C36H40N/c1-29-11-9-10-16-38(29)41-27-39(40(28-42(41)2)33-14-7-4-8-15-33)37-24-23-35-25-34(21-22-36(35)26-37)32-19-17-31(18-20-32)30-12-5-3-6-13-30;1-24-8-6-7-11-32(24)36-22-34(35(23-37(36)2)26-9-4-3-5-10-26)31-17-15-27-20-30(16-14-28(27)21-31)33-19-25-12-13-29(33)18-25;1-24-8-6-7-11-33(24)36-22-34(35(23-37(36)2)27-9-4-3-5-10-27)31-15-14-28-20-30(13-12-29(28)21-31)32-18-25-16-26(17-25)19-32/h9-11,16,21-28,30-33H,3-8,12-15,17-20H2,1-2H3;6-8,11,14-17,20-23,25-26,29,33H,3-5,9-10,12-13,18-19H2,1-2H3;6-8,11-15,20-23,25-27,32H,3-5,9-10,16-19H2,1-2H3/q3*+1/i32D,33D;26D,33D;27D,32D. The predicted molar refractivity (Wildman–Crippen MR) is 487 cm³/mol. The Hall–Kier alpha value is -8.79. The molecule has 594 valence electrons. The van der Waals surface area contributed by atoms with Crippen LogP contribution < -0.4 is 13.7 Å². The number of fused-ring (bicyclic) bond motifs is 7. The van der Waals surface area contributed by atoms with Crippen LogP contribution in [0.1, 0.15) is 299 Å². The van der Waals surface area contributed by atoms with Gasteiger partial charge in [0, 0.05) is 59.8 Å². The van der Waals surface area contributed by atoms with Crippen molar-refractivity contribution in [2.75, 3.05) is 0 Å². The number of benzene rings is 9. The zero-order valence-corrected chi connectivity index (χ0v) is 70.7. The van der Waals surface area contributed by atoms with E-state index in [9.17, 15) is 8.22 Å². The lowest BCUT2D eigenvalue weighted by Gasteiger charge is -2.45. The number of nitrogens with zero attached hydrogens (tertiary/aromatic N) is 3. The first-order chi connectivity index (χ1) is 59.0. The number of hydrogen-bond donors (Lipinski definition) is 0. The highest BCUT2D eigenvalue weighted by Gasteiger charge is 2.41. The summed E-state index contributed by atoms with van der Waals surface area (Å²) in [6, 6.07) is 73.8. The maximum Gasteiger partial charge on any atom is 0.213 e.